The van der Waals surface area contributed by atoms with E-state index in [0.29, 0.717) is 0 Å². The fourth-order valence-electron chi connectivity index (χ4n) is 2.12. The van der Waals surface area contributed by atoms with Gasteiger partial charge in [-0.1, -0.05) is 6.42 Å². The molecule has 114 valence electrons. The SMILES string of the molecule is CCOCCNC(=NC)NCCN1CCCCC1.I. The number of nitrogens with zero attached hydrogens (tertiary/aromatic N) is 2. The number of nitrogens with one attached hydrogen (secondary N) is 2. The Labute approximate surface area is 134 Å². The van der Waals surface area contributed by atoms with Crippen LogP contribution in [-0.2, 0) is 4.74 Å². The largest absolute Gasteiger partial charge is 0.380 e. The van der Waals surface area contributed by atoms with E-state index in [1.54, 1.807) is 7.05 Å². The molecule has 19 heavy (non-hydrogen) atoms. The third-order valence-corrected chi connectivity index (χ3v) is 3.14. The first-order valence-corrected chi connectivity index (χ1v) is 7.11. The van der Waals surface area contributed by atoms with Crippen molar-refractivity contribution in [2.45, 2.75) is 26.2 Å². The van der Waals surface area contributed by atoms with E-state index < -0.39 is 0 Å². The molecule has 0 spiro atoms. The molecule has 6 heteroatoms. The number of hydrogen-bond donors (Lipinski definition) is 2. The van der Waals surface area contributed by atoms with Crippen LogP contribution in [0.25, 0.3) is 0 Å². The molecule has 0 amide bonds. The van der Waals surface area contributed by atoms with E-state index in [1.165, 1.54) is 32.4 Å². The van der Waals surface area contributed by atoms with Gasteiger partial charge in [-0.2, -0.15) is 0 Å². The summed E-state index contributed by atoms with van der Waals surface area (Å²) in [5.41, 5.74) is 0. The molecule has 0 atom stereocenters. The molecule has 1 saturated heterocycles. The second-order valence-electron chi connectivity index (χ2n) is 4.52. The molecule has 0 bridgehead atoms. The lowest BCUT2D eigenvalue weighted by Crippen LogP contribution is -2.43. The number of piperidine rings is 1. The molecule has 0 radical (unpaired) electrons. The van der Waals surface area contributed by atoms with Crippen LogP contribution in [0, 0.1) is 0 Å². The van der Waals surface area contributed by atoms with Crippen LogP contribution in [0.4, 0.5) is 0 Å². The highest BCUT2D eigenvalue weighted by molar-refractivity contribution is 14.0. The number of likely N-dealkylation sites (tertiary alicyclic amines) is 1. The first kappa shape index (κ1) is 18.9. The molecule has 0 saturated carbocycles. The van der Waals surface area contributed by atoms with Gasteiger partial charge in [-0.15, -0.1) is 24.0 Å². The van der Waals surface area contributed by atoms with E-state index in [0.717, 1.165) is 38.8 Å². The Morgan fingerprint density at radius 2 is 1.84 bits per heavy atom. The Bertz CT molecular complexity index is 233. The maximum atomic E-state index is 5.27. The minimum Gasteiger partial charge on any atom is -0.380 e. The van der Waals surface area contributed by atoms with Crippen LogP contribution in [0.2, 0.25) is 0 Å². The van der Waals surface area contributed by atoms with E-state index in [2.05, 4.69) is 20.5 Å². The van der Waals surface area contributed by atoms with Gasteiger partial charge in [-0.25, -0.2) is 0 Å². The number of halogens is 1. The molecule has 1 aliphatic rings. The number of rotatable bonds is 7. The van der Waals surface area contributed by atoms with Crippen molar-refractivity contribution in [1.82, 2.24) is 15.5 Å². The molecule has 0 aromatic heterocycles. The molecule has 5 nitrogen and oxygen atoms in total. The minimum atomic E-state index is 0. The van der Waals surface area contributed by atoms with Gasteiger partial charge < -0.3 is 20.3 Å². The van der Waals surface area contributed by atoms with Crippen LogP contribution in [-0.4, -0.2) is 63.8 Å². The number of ether oxygens (including phenoxy) is 1. The lowest BCUT2D eigenvalue weighted by atomic mass is 10.1. The van der Waals surface area contributed by atoms with Crippen LogP contribution in [0.5, 0.6) is 0 Å². The minimum absolute atomic E-state index is 0. The van der Waals surface area contributed by atoms with Crippen molar-refractivity contribution in [3.8, 4) is 0 Å². The summed E-state index contributed by atoms with van der Waals surface area (Å²) in [5.74, 6) is 0.867. The quantitative estimate of drug-likeness (QED) is 0.301. The molecule has 2 N–H and O–H groups in total. The van der Waals surface area contributed by atoms with Gasteiger partial charge in [0.05, 0.1) is 6.61 Å². The summed E-state index contributed by atoms with van der Waals surface area (Å²) >= 11 is 0. The van der Waals surface area contributed by atoms with Crippen molar-refractivity contribution in [3.63, 3.8) is 0 Å². The maximum Gasteiger partial charge on any atom is 0.191 e. The number of aliphatic imine (C=N–C) groups is 1. The molecular formula is C13H29IN4O. The third-order valence-electron chi connectivity index (χ3n) is 3.14. The summed E-state index contributed by atoms with van der Waals surface area (Å²) < 4.78 is 5.27. The van der Waals surface area contributed by atoms with Crippen molar-refractivity contribution in [3.05, 3.63) is 0 Å². The highest BCUT2D eigenvalue weighted by Gasteiger charge is 2.09. The molecule has 0 unspecified atom stereocenters. The Kier molecular flexibility index (Phi) is 12.9. The molecule has 0 aromatic rings. The van der Waals surface area contributed by atoms with Gasteiger partial charge in [-0.3, -0.25) is 4.99 Å². The highest BCUT2D eigenvalue weighted by atomic mass is 127. The average molecular weight is 384 g/mol. The zero-order valence-corrected chi connectivity index (χ0v) is 14.6. The first-order chi connectivity index (χ1) is 8.86. The average Bonchev–Trinajstić information content (AvgIpc) is 2.42. The van der Waals surface area contributed by atoms with E-state index in [1.807, 2.05) is 6.92 Å². The zero-order valence-electron chi connectivity index (χ0n) is 12.3. The summed E-state index contributed by atoms with van der Waals surface area (Å²) in [6.45, 7) is 8.85. The van der Waals surface area contributed by atoms with Crippen LogP contribution in [0.15, 0.2) is 4.99 Å². The summed E-state index contributed by atoms with van der Waals surface area (Å²) in [5, 5.41) is 6.57. The summed E-state index contributed by atoms with van der Waals surface area (Å²) in [7, 11) is 1.80. The van der Waals surface area contributed by atoms with Crippen LogP contribution < -0.4 is 10.6 Å². The topological polar surface area (TPSA) is 48.9 Å². The Hall–Kier alpha value is -0.0800. The van der Waals surface area contributed by atoms with Crippen molar-refractivity contribution >= 4 is 29.9 Å². The fraction of sp³-hybridized carbons (Fsp3) is 0.923. The van der Waals surface area contributed by atoms with Crippen LogP contribution in [0.3, 0.4) is 0 Å². The lowest BCUT2D eigenvalue weighted by Gasteiger charge is -2.26. The molecule has 0 aliphatic carbocycles. The monoisotopic (exact) mass is 384 g/mol. The first-order valence-electron chi connectivity index (χ1n) is 7.11. The predicted octanol–water partition coefficient (Wildman–Crippen LogP) is 1.29. The predicted molar refractivity (Wildman–Crippen MR) is 91.6 cm³/mol. The van der Waals surface area contributed by atoms with E-state index >= 15 is 0 Å². The van der Waals surface area contributed by atoms with Gasteiger partial charge in [0.2, 0.25) is 0 Å². The lowest BCUT2D eigenvalue weighted by molar-refractivity contribution is 0.152. The van der Waals surface area contributed by atoms with Gasteiger partial charge in [0.15, 0.2) is 5.96 Å². The van der Waals surface area contributed by atoms with Crippen molar-refractivity contribution in [1.29, 1.82) is 0 Å². The van der Waals surface area contributed by atoms with Gasteiger partial charge in [0.1, 0.15) is 0 Å². The van der Waals surface area contributed by atoms with E-state index in [9.17, 15) is 0 Å². The Morgan fingerprint density at radius 1 is 1.16 bits per heavy atom. The van der Waals surface area contributed by atoms with Crippen molar-refractivity contribution < 1.29 is 4.74 Å². The smallest absolute Gasteiger partial charge is 0.191 e. The summed E-state index contributed by atoms with van der Waals surface area (Å²) in [6.07, 6.45) is 4.09. The number of hydrogen-bond acceptors (Lipinski definition) is 3. The second-order valence-corrected chi connectivity index (χ2v) is 4.52. The molecule has 1 rings (SSSR count). The summed E-state index contributed by atoms with van der Waals surface area (Å²) in [6, 6.07) is 0. The summed E-state index contributed by atoms with van der Waals surface area (Å²) in [4.78, 5) is 6.71. The van der Waals surface area contributed by atoms with E-state index in [4.69, 9.17) is 4.74 Å². The van der Waals surface area contributed by atoms with Crippen LogP contribution >= 0.6 is 24.0 Å². The fourth-order valence-corrected chi connectivity index (χ4v) is 2.12. The van der Waals surface area contributed by atoms with Gasteiger partial charge >= 0.3 is 0 Å². The van der Waals surface area contributed by atoms with Gasteiger partial charge in [-0.05, 0) is 32.9 Å². The Morgan fingerprint density at radius 3 is 2.47 bits per heavy atom. The van der Waals surface area contributed by atoms with Crippen molar-refractivity contribution in [2.75, 3.05) is 53.0 Å². The van der Waals surface area contributed by atoms with Gasteiger partial charge in [0.25, 0.3) is 0 Å². The van der Waals surface area contributed by atoms with Crippen LogP contribution in [0.1, 0.15) is 26.2 Å². The molecule has 1 heterocycles. The third kappa shape index (κ3) is 9.45. The number of guanidine groups is 1. The normalized spacial score (nSPS) is 16.8. The van der Waals surface area contributed by atoms with Gasteiger partial charge in [0, 0.05) is 33.3 Å². The Balaban J connectivity index is 0.00000324. The molecule has 1 fully saturated rings. The van der Waals surface area contributed by atoms with E-state index in [-0.39, 0.29) is 24.0 Å². The molecule has 1 aliphatic heterocycles. The molecule has 0 aromatic carbocycles. The maximum absolute atomic E-state index is 5.27. The highest BCUT2D eigenvalue weighted by Crippen LogP contribution is 2.07. The second kappa shape index (κ2) is 12.9. The standard InChI is InChI=1S/C13H28N4O.HI/c1-3-18-12-8-16-13(14-2)15-7-11-17-9-5-4-6-10-17;/h3-12H2,1-2H3,(H2,14,15,16);1H. The molecular weight excluding hydrogens is 355 g/mol. The van der Waals surface area contributed by atoms with Crippen molar-refractivity contribution in [2.24, 2.45) is 4.99 Å². The zero-order chi connectivity index (χ0) is 13.1.